The number of nitrogens with two attached hydrogens (primary N) is 1. The van der Waals surface area contributed by atoms with Crippen molar-refractivity contribution in [2.45, 2.75) is 13.3 Å². The number of aromatic amines is 1. The third kappa shape index (κ3) is 3.82. The van der Waals surface area contributed by atoms with Crippen molar-refractivity contribution < 1.29 is 14.3 Å². The zero-order chi connectivity index (χ0) is 15.2. The summed E-state index contributed by atoms with van der Waals surface area (Å²) in [5.74, 6) is -0.269. The Morgan fingerprint density at radius 1 is 1.38 bits per heavy atom. The zero-order valence-corrected chi connectivity index (χ0v) is 11.6. The summed E-state index contributed by atoms with van der Waals surface area (Å²) >= 11 is 0. The van der Waals surface area contributed by atoms with Gasteiger partial charge in [0.1, 0.15) is 5.75 Å². The molecule has 0 saturated carbocycles. The van der Waals surface area contributed by atoms with Crippen LogP contribution in [0.1, 0.15) is 23.0 Å². The molecule has 0 aliphatic rings. The maximum atomic E-state index is 11.8. The van der Waals surface area contributed by atoms with Crippen LogP contribution in [0.4, 0.5) is 5.82 Å². The first-order valence-corrected chi connectivity index (χ1v) is 6.46. The number of para-hydroxylation sites is 1. The molecule has 4 N–H and O–H groups in total. The molecule has 2 amide bonds. The van der Waals surface area contributed by atoms with Crippen LogP contribution in [0.3, 0.4) is 0 Å². The fraction of sp³-hybridized carbons (Fsp3) is 0.214. The van der Waals surface area contributed by atoms with Crippen LogP contribution in [0.5, 0.6) is 5.75 Å². The Morgan fingerprint density at radius 2 is 2.14 bits per heavy atom. The first-order chi connectivity index (χ1) is 10.1. The lowest BCUT2D eigenvalue weighted by Gasteiger charge is -2.08. The number of hydrogen-bond acceptors (Lipinski definition) is 4. The van der Waals surface area contributed by atoms with Crippen LogP contribution in [-0.2, 0) is 11.2 Å². The van der Waals surface area contributed by atoms with Gasteiger partial charge in [-0.25, -0.2) is 0 Å². The van der Waals surface area contributed by atoms with Gasteiger partial charge in [-0.15, -0.1) is 0 Å². The highest BCUT2D eigenvalue weighted by molar-refractivity contribution is 5.96. The van der Waals surface area contributed by atoms with Gasteiger partial charge in [0.15, 0.2) is 12.4 Å². The molecule has 7 nitrogen and oxygen atoms in total. The van der Waals surface area contributed by atoms with Crippen LogP contribution < -0.4 is 15.8 Å². The number of primary amides is 1. The van der Waals surface area contributed by atoms with Gasteiger partial charge in [0, 0.05) is 11.8 Å². The predicted molar refractivity (Wildman–Crippen MR) is 77.1 cm³/mol. The van der Waals surface area contributed by atoms with E-state index >= 15 is 0 Å². The van der Waals surface area contributed by atoms with Crippen LogP contribution in [0.25, 0.3) is 0 Å². The van der Waals surface area contributed by atoms with Crippen LogP contribution in [0.2, 0.25) is 0 Å². The van der Waals surface area contributed by atoms with Crippen molar-refractivity contribution in [1.29, 1.82) is 0 Å². The van der Waals surface area contributed by atoms with Crippen molar-refractivity contribution in [1.82, 2.24) is 10.2 Å². The Morgan fingerprint density at radius 3 is 2.81 bits per heavy atom. The van der Waals surface area contributed by atoms with Gasteiger partial charge in [-0.05, 0) is 18.6 Å². The van der Waals surface area contributed by atoms with Crippen molar-refractivity contribution in [2.75, 3.05) is 11.9 Å². The van der Waals surface area contributed by atoms with E-state index < -0.39 is 5.91 Å². The monoisotopic (exact) mass is 288 g/mol. The molecule has 0 radical (unpaired) electrons. The van der Waals surface area contributed by atoms with Gasteiger partial charge in [-0.1, -0.05) is 19.1 Å². The fourth-order valence-electron chi connectivity index (χ4n) is 1.73. The number of hydrogen-bond donors (Lipinski definition) is 3. The summed E-state index contributed by atoms with van der Waals surface area (Å²) < 4.78 is 5.31. The summed E-state index contributed by atoms with van der Waals surface area (Å²) in [6.07, 6.45) is 0.797. The topological polar surface area (TPSA) is 110 Å². The molecule has 2 rings (SSSR count). The molecular weight excluding hydrogens is 272 g/mol. The normalized spacial score (nSPS) is 10.1. The maximum Gasteiger partial charge on any atom is 0.263 e. The number of anilines is 1. The predicted octanol–water partition coefficient (Wildman–Crippen LogP) is 1.09. The SMILES string of the molecule is CCc1cc(NC(=O)COc2ccccc2C(N)=O)n[nH]1. The Hall–Kier alpha value is -2.83. The van der Waals surface area contributed by atoms with Crippen LogP contribution in [0, 0.1) is 0 Å². The van der Waals surface area contributed by atoms with E-state index in [-0.39, 0.29) is 23.8 Å². The van der Waals surface area contributed by atoms with Crippen LogP contribution >= 0.6 is 0 Å². The summed E-state index contributed by atoms with van der Waals surface area (Å²) in [5, 5.41) is 9.33. The molecule has 0 spiro atoms. The number of rotatable bonds is 6. The number of ether oxygens (including phenoxy) is 1. The molecular formula is C14H16N4O3. The van der Waals surface area contributed by atoms with Crippen molar-refractivity contribution >= 4 is 17.6 Å². The van der Waals surface area contributed by atoms with E-state index in [4.69, 9.17) is 10.5 Å². The van der Waals surface area contributed by atoms with Crippen LogP contribution in [-0.4, -0.2) is 28.6 Å². The molecule has 0 aliphatic heterocycles. The summed E-state index contributed by atoms with van der Waals surface area (Å²) in [6.45, 7) is 1.74. The van der Waals surface area contributed by atoms with Gasteiger partial charge < -0.3 is 15.8 Å². The van der Waals surface area contributed by atoms with E-state index in [9.17, 15) is 9.59 Å². The minimum absolute atomic E-state index is 0.235. The van der Waals surface area contributed by atoms with Gasteiger partial charge in [-0.3, -0.25) is 14.7 Å². The standard InChI is InChI=1S/C14H16N4O3/c1-2-9-7-12(18-17-9)16-13(19)8-21-11-6-4-3-5-10(11)14(15)20/h3-7H,2,8H2,1H3,(H2,15,20)(H2,16,17,18,19). The molecule has 0 aliphatic carbocycles. The molecule has 1 aromatic heterocycles. The second-order valence-corrected chi connectivity index (χ2v) is 4.33. The van der Waals surface area contributed by atoms with E-state index in [1.54, 1.807) is 24.3 Å². The van der Waals surface area contributed by atoms with Gasteiger partial charge in [0.25, 0.3) is 11.8 Å². The minimum atomic E-state index is -0.606. The fourth-order valence-corrected chi connectivity index (χ4v) is 1.73. The van der Waals surface area contributed by atoms with E-state index in [1.165, 1.54) is 6.07 Å². The summed E-state index contributed by atoms with van der Waals surface area (Å²) in [7, 11) is 0. The van der Waals surface area contributed by atoms with E-state index in [2.05, 4.69) is 15.5 Å². The smallest absolute Gasteiger partial charge is 0.263 e. The number of carbonyl (C=O) groups is 2. The highest BCUT2D eigenvalue weighted by Crippen LogP contribution is 2.17. The number of carbonyl (C=O) groups excluding carboxylic acids is 2. The summed E-state index contributed by atoms with van der Waals surface area (Å²) in [4.78, 5) is 23.0. The molecule has 2 aromatic rings. The Kier molecular flexibility index (Phi) is 4.55. The van der Waals surface area contributed by atoms with Crippen molar-refractivity contribution in [3.63, 3.8) is 0 Å². The lowest BCUT2D eigenvalue weighted by atomic mass is 10.2. The van der Waals surface area contributed by atoms with Gasteiger partial charge in [0.2, 0.25) is 0 Å². The lowest BCUT2D eigenvalue weighted by molar-refractivity contribution is -0.118. The molecule has 0 saturated heterocycles. The third-order valence-electron chi connectivity index (χ3n) is 2.79. The Balaban J connectivity index is 1.94. The number of amides is 2. The summed E-state index contributed by atoms with van der Waals surface area (Å²) in [6, 6.07) is 8.23. The molecule has 21 heavy (non-hydrogen) atoms. The zero-order valence-electron chi connectivity index (χ0n) is 11.6. The quantitative estimate of drug-likeness (QED) is 0.738. The van der Waals surface area contributed by atoms with Gasteiger partial charge in [0.05, 0.1) is 5.56 Å². The highest BCUT2D eigenvalue weighted by Gasteiger charge is 2.11. The number of aryl methyl sites for hydroxylation is 1. The van der Waals surface area contributed by atoms with Crippen molar-refractivity contribution in [2.24, 2.45) is 5.73 Å². The molecule has 7 heteroatoms. The maximum absolute atomic E-state index is 11.8. The average molecular weight is 288 g/mol. The Bertz CT molecular complexity index is 651. The minimum Gasteiger partial charge on any atom is -0.483 e. The molecule has 0 fully saturated rings. The molecule has 1 heterocycles. The molecule has 0 unspecified atom stereocenters. The number of H-pyrrole nitrogens is 1. The van der Waals surface area contributed by atoms with Crippen molar-refractivity contribution in [3.8, 4) is 5.75 Å². The van der Waals surface area contributed by atoms with Crippen LogP contribution in [0.15, 0.2) is 30.3 Å². The third-order valence-corrected chi connectivity index (χ3v) is 2.79. The average Bonchev–Trinajstić information content (AvgIpc) is 2.93. The van der Waals surface area contributed by atoms with E-state index in [0.717, 1.165) is 12.1 Å². The second-order valence-electron chi connectivity index (χ2n) is 4.33. The molecule has 0 atom stereocenters. The lowest BCUT2D eigenvalue weighted by Crippen LogP contribution is -2.21. The number of nitrogens with one attached hydrogen (secondary N) is 2. The first-order valence-electron chi connectivity index (χ1n) is 6.46. The van der Waals surface area contributed by atoms with Crippen molar-refractivity contribution in [3.05, 3.63) is 41.6 Å². The molecule has 0 bridgehead atoms. The summed E-state index contributed by atoms with van der Waals surface area (Å²) in [5.41, 5.74) is 6.39. The highest BCUT2D eigenvalue weighted by atomic mass is 16.5. The van der Waals surface area contributed by atoms with E-state index in [0.29, 0.717) is 5.82 Å². The van der Waals surface area contributed by atoms with Gasteiger partial charge >= 0.3 is 0 Å². The molecule has 1 aromatic carbocycles. The largest absolute Gasteiger partial charge is 0.483 e. The number of benzene rings is 1. The Labute approximate surface area is 121 Å². The number of aromatic nitrogens is 2. The first kappa shape index (κ1) is 14.6. The second kappa shape index (κ2) is 6.56. The molecule has 110 valence electrons. The van der Waals surface area contributed by atoms with Gasteiger partial charge in [-0.2, -0.15) is 5.10 Å². The van der Waals surface area contributed by atoms with E-state index in [1.807, 2.05) is 6.92 Å². The number of nitrogens with zero attached hydrogens (tertiary/aromatic N) is 1.